The summed E-state index contributed by atoms with van der Waals surface area (Å²) < 4.78 is 44.8. The number of pyridine rings is 1. The lowest BCUT2D eigenvalue weighted by atomic mass is 9.95. The maximum Gasteiger partial charge on any atom is 0.337 e. The van der Waals surface area contributed by atoms with Crippen LogP contribution in [0.1, 0.15) is 91.0 Å². The minimum atomic E-state index is -4.14. The van der Waals surface area contributed by atoms with Crippen LogP contribution in [0.2, 0.25) is 0 Å². The number of fused-ring (bicyclic) bond motifs is 1. The molecule has 14 heteroatoms. The topological polar surface area (TPSA) is 157 Å². The van der Waals surface area contributed by atoms with E-state index in [9.17, 15) is 22.8 Å². The predicted molar refractivity (Wildman–Crippen MR) is 219 cm³/mol. The molecule has 2 unspecified atom stereocenters. The number of nitrogens with one attached hydrogen (secondary N) is 2. The summed E-state index contributed by atoms with van der Waals surface area (Å²) in [4.78, 5) is 44.9. The Kier molecular flexibility index (Phi) is 11.9. The largest absolute Gasteiger partial charge is 0.465 e. The number of amides is 2. The Morgan fingerprint density at radius 2 is 1.58 bits per heavy atom. The van der Waals surface area contributed by atoms with E-state index in [2.05, 4.69) is 15.6 Å². The fraction of sp³-hybridized carbons (Fsp3) is 0.302. The lowest BCUT2D eigenvalue weighted by molar-refractivity contribution is 0.0600. The van der Waals surface area contributed by atoms with Crippen LogP contribution < -0.4 is 14.9 Å². The summed E-state index contributed by atoms with van der Waals surface area (Å²) in [5.74, 6) is -0.986. The highest BCUT2D eigenvalue weighted by Gasteiger charge is 2.41. The third kappa shape index (κ3) is 8.79. The average Bonchev–Trinajstić information content (AvgIpc) is 3.92. The van der Waals surface area contributed by atoms with Crippen molar-refractivity contribution in [2.45, 2.75) is 75.7 Å². The van der Waals surface area contributed by atoms with Crippen LogP contribution >= 0.6 is 11.3 Å². The van der Waals surface area contributed by atoms with E-state index in [0.29, 0.717) is 21.8 Å². The molecule has 12 nitrogen and oxygen atoms in total. The molecule has 57 heavy (non-hydrogen) atoms. The third-order valence-corrected chi connectivity index (χ3v) is 13.2. The van der Waals surface area contributed by atoms with Crippen LogP contribution in [0.25, 0.3) is 0 Å². The molecule has 2 aliphatic rings. The van der Waals surface area contributed by atoms with Gasteiger partial charge in [-0.1, -0.05) is 36.4 Å². The third-order valence-electron chi connectivity index (χ3n) is 10.0. The maximum atomic E-state index is 14.1. The smallest absolute Gasteiger partial charge is 0.337 e. The van der Waals surface area contributed by atoms with Gasteiger partial charge in [0.2, 0.25) is 0 Å². The Balaban J connectivity index is 1.05. The first-order valence-electron chi connectivity index (χ1n) is 18.8. The first-order chi connectivity index (χ1) is 27.5. The number of anilines is 3. The van der Waals surface area contributed by atoms with Crippen LogP contribution in [0.3, 0.4) is 0 Å². The zero-order chi connectivity index (χ0) is 40.3. The summed E-state index contributed by atoms with van der Waals surface area (Å²) in [7, 11) is -1.23. The van der Waals surface area contributed by atoms with E-state index < -0.39 is 22.0 Å². The summed E-state index contributed by atoms with van der Waals surface area (Å²) in [6.45, 7) is 3.51. The van der Waals surface area contributed by atoms with E-state index in [0.717, 1.165) is 65.7 Å². The molecule has 0 radical (unpaired) electrons. The summed E-state index contributed by atoms with van der Waals surface area (Å²) in [6, 6.07) is 23.8. The molecule has 2 N–H and O–H groups in total. The number of carbonyl (C=O) groups excluding carboxylic acids is 3. The Bertz CT molecular complexity index is 2380. The minimum absolute atomic E-state index is 0.0666. The molecule has 2 atom stereocenters. The highest BCUT2D eigenvalue weighted by Crippen LogP contribution is 2.40. The number of thiophene rings is 1. The zero-order valence-corrected chi connectivity index (χ0v) is 33.7. The minimum Gasteiger partial charge on any atom is -0.465 e. The Morgan fingerprint density at radius 1 is 0.877 bits per heavy atom. The summed E-state index contributed by atoms with van der Waals surface area (Å²) in [6.07, 6.45) is 6.00. The standard InChI is InChI=1S/C43H44N4O8S2/c1-26(2)47(36-23-20-31(25-44-36)38-43(54-4)55-38)57(51,52)33-9-7-8-30(24-33)39(48)46-41-37(34-10-5-6-11-35(34)56-41)40(49)45-32-21-16-28(17-22-32)13-12-27-14-18-29(19-15-27)42(50)53-3/h7-9,14-26,38,43H,5-6,10-13H2,1-4H3,(H,45,49)(H,46,48). The van der Waals surface area contributed by atoms with E-state index in [-0.39, 0.29) is 40.5 Å². The van der Waals surface area contributed by atoms with Crippen LogP contribution in [0.4, 0.5) is 16.5 Å². The SMILES string of the molecule is COC(=O)c1ccc(CCc2ccc(NC(=O)c3c(NC(=O)c4cccc(S(=O)(=O)N(c5ccc(C6OC6OC)cn5)C(C)C)c4)sc4c3CCCC4)cc2)cc1. The van der Waals surface area contributed by atoms with E-state index in [4.69, 9.17) is 14.2 Å². The molecule has 1 aliphatic heterocycles. The fourth-order valence-corrected chi connectivity index (χ4v) is 9.96. The number of carbonyl (C=O) groups is 3. The number of sulfonamides is 1. The van der Waals surface area contributed by atoms with Crippen molar-refractivity contribution in [2.24, 2.45) is 0 Å². The molecule has 5 aromatic rings. The van der Waals surface area contributed by atoms with Gasteiger partial charge in [0.15, 0.2) is 6.29 Å². The second-order valence-corrected chi connectivity index (χ2v) is 17.2. The molecule has 1 saturated heterocycles. The average molecular weight is 809 g/mol. The van der Waals surface area contributed by atoms with E-state index in [1.807, 2.05) is 36.4 Å². The predicted octanol–water partition coefficient (Wildman–Crippen LogP) is 7.75. The van der Waals surface area contributed by atoms with Crippen LogP contribution in [0.5, 0.6) is 0 Å². The van der Waals surface area contributed by atoms with Crippen molar-refractivity contribution in [3.05, 3.63) is 135 Å². The lowest BCUT2D eigenvalue weighted by Gasteiger charge is -2.27. The van der Waals surface area contributed by atoms with Gasteiger partial charge in [-0.2, -0.15) is 0 Å². The molecule has 7 rings (SSSR count). The van der Waals surface area contributed by atoms with Gasteiger partial charge in [-0.3, -0.25) is 9.59 Å². The fourth-order valence-electron chi connectivity index (χ4n) is 7.02. The second kappa shape index (κ2) is 17.0. The molecule has 2 aromatic heterocycles. The van der Waals surface area contributed by atoms with Crippen molar-refractivity contribution in [3.63, 3.8) is 0 Å². The number of rotatable bonds is 14. The summed E-state index contributed by atoms with van der Waals surface area (Å²) in [5.41, 5.74) is 5.58. The molecule has 1 aliphatic carbocycles. The van der Waals surface area contributed by atoms with Crippen LogP contribution in [-0.4, -0.2) is 57.7 Å². The number of esters is 1. The maximum absolute atomic E-state index is 14.1. The van der Waals surface area contributed by atoms with E-state index in [1.54, 1.807) is 57.5 Å². The van der Waals surface area contributed by atoms with Gasteiger partial charge in [-0.05, 0) is 118 Å². The molecule has 3 heterocycles. The molecular weight excluding hydrogens is 765 g/mol. The number of methoxy groups -OCH3 is 2. The van der Waals surface area contributed by atoms with Crippen LogP contribution in [-0.2, 0) is 49.9 Å². The van der Waals surface area contributed by atoms with E-state index in [1.165, 1.54) is 41.0 Å². The Hall–Kier alpha value is -5.41. The number of ether oxygens (including phenoxy) is 3. The summed E-state index contributed by atoms with van der Waals surface area (Å²) in [5, 5.41) is 6.40. The molecule has 3 aromatic carbocycles. The van der Waals surface area contributed by atoms with Gasteiger partial charge in [0.1, 0.15) is 16.9 Å². The summed E-state index contributed by atoms with van der Waals surface area (Å²) >= 11 is 1.39. The number of nitrogens with zero attached hydrogens (tertiary/aromatic N) is 2. The molecule has 0 spiro atoms. The van der Waals surface area contributed by atoms with Crippen LogP contribution in [0.15, 0.2) is 96.0 Å². The van der Waals surface area contributed by atoms with Gasteiger partial charge in [0.05, 0.1) is 23.1 Å². The normalized spacial score (nSPS) is 16.1. The second-order valence-electron chi connectivity index (χ2n) is 14.2. The highest BCUT2D eigenvalue weighted by atomic mass is 32.2. The van der Waals surface area contributed by atoms with Gasteiger partial charge >= 0.3 is 5.97 Å². The van der Waals surface area contributed by atoms with E-state index >= 15 is 0 Å². The Morgan fingerprint density at radius 3 is 2.21 bits per heavy atom. The number of hydrogen-bond donors (Lipinski definition) is 2. The molecule has 296 valence electrons. The molecule has 0 bridgehead atoms. The molecular formula is C43H44N4O8S2. The highest BCUT2D eigenvalue weighted by molar-refractivity contribution is 7.92. The van der Waals surface area contributed by atoms with Crippen molar-refractivity contribution in [1.82, 2.24) is 4.98 Å². The first-order valence-corrected chi connectivity index (χ1v) is 21.0. The Labute approximate surface area is 336 Å². The lowest BCUT2D eigenvalue weighted by Crippen LogP contribution is -2.37. The quantitative estimate of drug-likeness (QED) is 0.0846. The molecule has 0 saturated carbocycles. The van der Waals surface area contributed by atoms with Gasteiger partial charge in [-0.25, -0.2) is 22.5 Å². The number of aromatic nitrogens is 1. The van der Waals surface area contributed by atoms with Gasteiger partial charge < -0.3 is 24.8 Å². The monoisotopic (exact) mass is 808 g/mol. The van der Waals surface area contributed by atoms with Crippen molar-refractivity contribution >= 4 is 55.7 Å². The number of aryl methyl sites for hydroxylation is 3. The van der Waals surface area contributed by atoms with Gasteiger partial charge in [-0.15, -0.1) is 11.3 Å². The van der Waals surface area contributed by atoms with Crippen molar-refractivity contribution in [1.29, 1.82) is 0 Å². The van der Waals surface area contributed by atoms with Crippen molar-refractivity contribution < 1.29 is 37.0 Å². The van der Waals surface area contributed by atoms with Crippen molar-refractivity contribution in [3.8, 4) is 0 Å². The molecule has 2 amide bonds. The molecule has 1 fully saturated rings. The van der Waals surface area contributed by atoms with Gasteiger partial charge in [0.25, 0.3) is 21.8 Å². The number of epoxide rings is 1. The number of hydrogen-bond acceptors (Lipinski definition) is 10. The van der Waals surface area contributed by atoms with Crippen molar-refractivity contribution in [2.75, 3.05) is 29.2 Å². The number of benzene rings is 3. The first kappa shape index (κ1) is 39.8. The van der Waals surface area contributed by atoms with Gasteiger partial charge in [0, 0.05) is 41.0 Å². The van der Waals surface area contributed by atoms with Crippen LogP contribution in [0, 0.1) is 0 Å². The zero-order valence-electron chi connectivity index (χ0n) is 32.1.